The summed E-state index contributed by atoms with van der Waals surface area (Å²) in [6.45, 7) is 6.26. The van der Waals surface area contributed by atoms with Crippen LogP contribution in [0.3, 0.4) is 0 Å². The lowest BCUT2D eigenvalue weighted by molar-refractivity contribution is 0.358. The van der Waals surface area contributed by atoms with Crippen LogP contribution < -0.4 is 10.3 Å². The van der Waals surface area contributed by atoms with E-state index in [0.29, 0.717) is 29.8 Å². The second-order valence-corrected chi connectivity index (χ2v) is 9.81. The first-order chi connectivity index (χ1) is 14.4. The summed E-state index contributed by atoms with van der Waals surface area (Å²) in [5.41, 5.74) is 1.41. The number of ether oxygens (including phenoxy) is 1. The molecule has 5 nitrogen and oxygen atoms in total. The van der Waals surface area contributed by atoms with Crippen molar-refractivity contribution in [3.05, 3.63) is 76.3 Å². The minimum absolute atomic E-state index is 0.168. The molecule has 0 aliphatic rings. The summed E-state index contributed by atoms with van der Waals surface area (Å²) in [5.74, 6) is 1.49. The summed E-state index contributed by atoms with van der Waals surface area (Å²) in [6, 6.07) is 9.50. The van der Waals surface area contributed by atoms with Gasteiger partial charge in [0.2, 0.25) is 0 Å². The standard InChI is InChI=1S/C22H20BrI2N3O2/c1-3-5-6-20-27-19-8-7-15(23)12-16(19)22(29)28(20)26-13-14-10-17(24)21(18(25)11-14)30-9-4-2/h4,7-8,10-13H,2-3,5-6,9H2,1H3. The van der Waals surface area contributed by atoms with Gasteiger partial charge in [0.25, 0.3) is 5.56 Å². The quantitative estimate of drug-likeness (QED) is 0.162. The second kappa shape index (κ2) is 10.9. The Morgan fingerprint density at radius 2 is 2.00 bits per heavy atom. The van der Waals surface area contributed by atoms with Gasteiger partial charge in [-0.05, 0) is 87.5 Å². The number of hydrogen-bond acceptors (Lipinski definition) is 4. The molecule has 30 heavy (non-hydrogen) atoms. The Balaban J connectivity index is 2.05. The molecular formula is C22H20BrI2N3O2. The van der Waals surface area contributed by atoms with E-state index < -0.39 is 0 Å². The Labute approximate surface area is 211 Å². The van der Waals surface area contributed by atoms with Crippen molar-refractivity contribution in [1.29, 1.82) is 0 Å². The number of hydrogen-bond donors (Lipinski definition) is 0. The van der Waals surface area contributed by atoms with Crippen molar-refractivity contribution in [3.8, 4) is 5.75 Å². The third kappa shape index (κ3) is 5.50. The molecule has 0 N–H and O–H groups in total. The summed E-state index contributed by atoms with van der Waals surface area (Å²) in [6.07, 6.45) is 6.06. The van der Waals surface area contributed by atoms with Crippen LogP contribution in [0, 0.1) is 7.14 Å². The molecule has 0 aliphatic carbocycles. The van der Waals surface area contributed by atoms with Crippen molar-refractivity contribution in [2.45, 2.75) is 26.2 Å². The fourth-order valence-corrected chi connectivity index (χ4v) is 5.36. The maximum Gasteiger partial charge on any atom is 0.282 e. The Hall–Kier alpha value is -1.27. The Morgan fingerprint density at radius 1 is 1.27 bits per heavy atom. The Kier molecular flexibility index (Phi) is 8.46. The van der Waals surface area contributed by atoms with E-state index in [1.54, 1.807) is 18.4 Å². The normalized spacial score (nSPS) is 11.3. The molecular weight excluding hydrogens is 672 g/mol. The monoisotopic (exact) mass is 691 g/mol. The van der Waals surface area contributed by atoms with E-state index in [9.17, 15) is 4.79 Å². The van der Waals surface area contributed by atoms with E-state index in [1.807, 2.05) is 24.3 Å². The fraction of sp³-hybridized carbons (Fsp3) is 0.227. The van der Waals surface area contributed by atoms with Gasteiger partial charge in [-0.25, -0.2) is 4.98 Å². The average Bonchev–Trinajstić information content (AvgIpc) is 2.71. The van der Waals surface area contributed by atoms with E-state index in [4.69, 9.17) is 9.72 Å². The number of nitrogens with zero attached hydrogens (tertiary/aromatic N) is 3. The van der Waals surface area contributed by atoms with Crippen LogP contribution in [-0.4, -0.2) is 22.5 Å². The molecule has 1 heterocycles. The van der Waals surface area contributed by atoms with Crippen molar-refractivity contribution in [3.63, 3.8) is 0 Å². The molecule has 1 aromatic heterocycles. The Morgan fingerprint density at radius 3 is 2.67 bits per heavy atom. The number of unbranched alkanes of at least 4 members (excludes halogenated alkanes) is 1. The minimum atomic E-state index is -0.168. The molecule has 8 heteroatoms. The van der Waals surface area contributed by atoms with Gasteiger partial charge in [-0.3, -0.25) is 4.79 Å². The van der Waals surface area contributed by atoms with E-state index in [1.165, 1.54) is 4.68 Å². The average molecular weight is 692 g/mol. The molecule has 0 spiro atoms. The van der Waals surface area contributed by atoms with Gasteiger partial charge < -0.3 is 4.74 Å². The summed E-state index contributed by atoms with van der Waals surface area (Å²) in [5, 5.41) is 5.06. The second-order valence-electron chi connectivity index (χ2n) is 6.57. The van der Waals surface area contributed by atoms with E-state index >= 15 is 0 Å². The highest BCUT2D eigenvalue weighted by molar-refractivity contribution is 14.1. The predicted molar refractivity (Wildman–Crippen MR) is 143 cm³/mol. The first-order valence-electron chi connectivity index (χ1n) is 9.43. The van der Waals surface area contributed by atoms with Gasteiger partial charge in [-0.2, -0.15) is 9.78 Å². The summed E-state index contributed by atoms with van der Waals surface area (Å²) >= 11 is 7.92. The van der Waals surface area contributed by atoms with Gasteiger partial charge in [0, 0.05) is 10.9 Å². The first-order valence-corrected chi connectivity index (χ1v) is 12.4. The van der Waals surface area contributed by atoms with Gasteiger partial charge in [-0.1, -0.05) is 41.9 Å². The van der Waals surface area contributed by atoms with Crippen LogP contribution in [0.1, 0.15) is 31.2 Å². The minimum Gasteiger partial charge on any atom is -0.487 e. The van der Waals surface area contributed by atoms with E-state index in [-0.39, 0.29) is 5.56 Å². The lowest BCUT2D eigenvalue weighted by atomic mass is 10.2. The molecule has 0 atom stereocenters. The molecule has 156 valence electrons. The largest absolute Gasteiger partial charge is 0.487 e. The van der Waals surface area contributed by atoms with Crippen LogP contribution in [0.15, 0.2) is 57.4 Å². The SMILES string of the molecule is C=CCOc1c(I)cc(C=Nn2c(CCCC)nc3ccc(Br)cc3c2=O)cc1I. The molecule has 0 fully saturated rings. The lowest BCUT2D eigenvalue weighted by Crippen LogP contribution is -2.22. The van der Waals surface area contributed by atoms with Crippen LogP contribution in [0.25, 0.3) is 10.9 Å². The van der Waals surface area contributed by atoms with E-state index in [2.05, 4.69) is 79.7 Å². The third-order valence-electron chi connectivity index (χ3n) is 4.32. The predicted octanol–water partition coefficient (Wildman–Crippen LogP) is 6.16. The molecule has 0 aliphatic heterocycles. The van der Waals surface area contributed by atoms with E-state index in [0.717, 1.165) is 35.8 Å². The summed E-state index contributed by atoms with van der Waals surface area (Å²) in [7, 11) is 0. The van der Waals surface area contributed by atoms with Crippen LogP contribution in [0.4, 0.5) is 0 Å². The molecule has 0 amide bonds. The maximum absolute atomic E-state index is 13.1. The zero-order chi connectivity index (χ0) is 21.7. The molecule has 3 rings (SSSR count). The number of fused-ring (bicyclic) bond motifs is 1. The maximum atomic E-state index is 13.1. The van der Waals surface area contributed by atoms with Gasteiger partial charge in [0.15, 0.2) is 0 Å². The first kappa shape index (κ1) is 23.4. The van der Waals surface area contributed by atoms with Crippen LogP contribution in [0.2, 0.25) is 0 Å². The zero-order valence-electron chi connectivity index (χ0n) is 16.4. The molecule has 3 aromatic rings. The van der Waals surface area contributed by atoms with Crippen molar-refractivity contribution in [1.82, 2.24) is 9.66 Å². The molecule has 0 bridgehead atoms. The molecule has 0 unspecified atom stereocenters. The fourth-order valence-electron chi connectivity index (χ4n) is 2.87. The number of halogens is 3. The number of benzene rings is 2. The molecule has 2 aromatic carbocycles. The topological polar surface area (TPSA) is 56.5 Å². The van der Waals surface area contributed by atoms with Crippen LogP contribution >= 0.6 is 61.1 Å². The zero-order valence-corrected chi connectivity index (χ0v) is 22.3. The Bertz CT molecular complexity index is 1150. The highest BCUT2D eigenvalue weighted by Gasteiger charge is 2.12. The van der Waals surface area contributed by atoms with Gasteiger partial charge in [-0.15, -0.1) is 0 Å². The van der Waals surface area contributed by atoms with Crippen molar-refractivity contribution < 1.29 is 4.74 Å². The highest BCUT2D eigenvalue weighted by Crippen LogP contribution is 2.28. The summed E-state index contributed by atoms with van der Waals surface area (Å²) in [4.78, 5) is 17.9. The van der Waals surface area contributed by atoms with Crippen molar-refractivity contribution >= 4 is 78.2 Å². The smallest absolute Gasteiger partial charge is 0.282 e. The molecule has 0 radical (unpaired) electrons. The van der Waals surface area contributed by atoms with Gasteiger partial charge >= 0.3 is 0 Å². The lowest BCUT2D eigenvalue weighted by Gasteiger charge is -2.11. The van der Waals surface area contributed by atoms with Crippen LogP contribution in [-0.2, 0) is 6.42 Å². The third-order valence-corrected chi connectivity index (χ3v) is 6.41. The number of aryl methyl sites for hydroxylation is 1. The molecule has 0 saturated heterocycles. The van der Waals surface area contributed by atoms with Crippen molar-refractivity contribution in [2.24, 2.45) is 5.10 Å². The summed E-state index contributed by atoms with van der Waals surface area (Å²) < 4.78 is 9.94. The van der Waals surface area contributed by atoms with Gasteiger partial charge in [0.05, 0.1) is 24.3 Å². The van der Waals surface area contributed by atoms with Crippen molar-refractivity contribution in [2.75, 3.05) is 6.61 Å². The molecule has 0 saturated carbocycles. The van der Waals surface area contributed by atoms with Crippen LogP contribution in [0.5, 0.6) is 5.75 Å². The number of aromatic nitrogens is 2. The number of rotatable bonds is 8. The van der Waals surface area contributed by atoms with Gasteiger partial charge in [0.1, 0.15) is 18.2 Å². The highest BCUT2D eigenvalue weighted by atomic mass is 127.